The van der Waals surface area contributed by atoms with Crippen LogP contribution in [0, 0.1) is 17.3 Å². The molecule has 1 N–H and O–H groups in total. The van der Waals surface area contributed by atoms with Gasteiger partial charge in [-0.25, -0.2) is 0 Å². The second-order valence-electron chi connectivity index (χ2n) is 5.85. The van der Waals surface area contributed by atoms with Crippen molar-refractivity contribution in [3.63, 3.8) is 0 Å². The van der Waals surface area contributed by atoms with E-state index in [4.69, 9.17) is 4.74 Å². The molecule has 0 aromatic rings. The van der Waals surface area contributed by atoms with Gasteiger partial charge >= 0.3 is 0 Å². The molecule has 2 heteroatoms. The van der Waals surface area contributed by atoms with Gasteiger partial charge in [-0.05, 0) is 49.4 Å². The van der Waals surface area contributed by atoms with Crippen LogP contribution in [-0.2, 0) is 4.74 Å². The molecule has 1 atom stereocenters. The molecular weight excluding hydrogens is 186 g/mol. The molecule has 0 aromatic carbocycles. The first-order valence-corrected chi connectivity index (χ1v) is 6.68. The Morgan fingerprint density at radius 2 is 2.07 bits per heavy atom. The molecule has 2 aliphatic carbocycles. The lowest BCUT2D eigenvalue weighted by atomic mass is 9.65. The molecule has 2 nitrogen and oxygen atoms in total. The lowest BCUT2D eigenvalue weighted by Gasteiger charge is -2.43. The Morgan fingerprint density at radius 1 is 1.20 bits per heavy atom. The van der Waals surface area contributed by atoms with E-state index >= 15 is 0 Å². The molecule has 2 saturated carbocycles. The molecule has 86 valence electrons. The highest BCUT2D eigenvalue weighted by atomic mass is 16.5. The molecule has 3 fully saturated rings. The van der Waals surface area contributed by atoms with Crippen molar-refractivity contribution in [1.82, 2.24) is 5.32 Å². The normalized spacial score (nSPS) is 34.0. The summed E-state index contributed by atoms with van der Waals surface area (Å²) in [6.07, 6.45) is 8.74. The van der Waals surface area contributed by atoms with Gasteiger partial charge in [-0.2, -0.15) is 0 Å². The summed E-state index contributed by atoms with van der Waals surface area (Å²) in [5.74, 6) is 1.87. The molecule has 1 heterocycles. The second kappa shape index (κ2) is 4.06. The minimum absolute atomic E-state index is 0.736. The fourth-order valence-electron chi connectivity index (χ4n) is 3.33. The van der Waals surface area contributed by atoms with E-state index in [1.807, 2.05) is 0 Å². The molecule has 3 rings (SSSR count). The highest BCUT2D eigenvalue weighted by Crippen LogP contribution is 2.56. The van der Waals surface area contributed by atoms with Crippen LogP contribution >= 0.6 is 0 Å². The molecule has 0 radical (unpaired) electrons. The fourth-order valence-corrected chi connectivity index (χ4v) is 3.33. The molecule has 1 unspecified atom stereocenters. The molecule has 0 amide bonds. The minimum atomic E-state index is 0.736. The summed E-state index contributed by atoms with van der Waals surface area (Å²) in [5, 5.41) is 3.71. The Bertz CT molecular complexity index is 215. The van der Waals surface area contributed by atoms with Crippen molar-refractivity contribution in [2.45, 2.75) is 38.5 Å². The smallest absolute Gasteiger partial charge is 0.0507 e. The topological polar surface area (TPSA) is 21.3 Å². The monoisotopic (exact) mass is 209 g/mol. The third-order valence-electron chi connectivity index (χ3n) is 4.73. The second-order valence-corrected chi connectivity index (χ2v) is 5.85. The van der Waals surface area contributed by atoms with Gasteiger partial charge in [0.15, 0.2) is 0 Å². The predicted octanol–water partition coefficient (Wildman–Crippen LogP) is 2.19. The van der Waals surface area contributed by atoms with Crippen LogP contribution in [0.2, 0.25) is 0 Å². The molecule has 1 aliphatic heterocycles. The van der Waals surface area contributed by atoms with Crippen molar-refractivity contribution in [3.05, 3.63) is 0 Å². The Kier molecular flexibility index (Phi) is 2.73. The highest BCUT2D eigenvalue weighted by molar-refractivity contribution is 5.00. The summed E-state index contributed by atoms with van der Waals surface area (Å²) in [7, 11) is 0. The van der Waals surface area contributed by atoms with E-state index in [0.29, 0.717) is 0 Å². The maximum atomic E-state index is 5.40. The number of hydrogen-bond donors (Lipinski definition) is 1. The van der Waals surface area contributed by atoms with Gasteiger partial charge < -0.3 is 10.1 Å². The first kappa shape index (κ1) is 10.1. The van der Waals surface area contributed by atoms with Crippen LogP contribution in [0.4, 0.5) is 0 Å². The van der Waals surface area contributed by atoms with Crippen LogP contribution in [-0.4, -0.2) is 26.3 Å². The third kappa shape index (κ3) is 2.07. The number of hydrogen-bond acceptors (Lipinski definition) is 2. The molecule has 0 bridgehead atoms. The van der Waals surface area contributed by atoms with Gasteiger partial charge in [0, 0.05) is 19.7 Å². The predicted molar refractivity (Wildman–Crippen MR) is 60.8 cm³/mol. The van der Waals surface area contributed by atoms with Crippen molar-refractivity contribution in [1.29, 1.82) is 0 Å². The summed E-state index contributed by atoms with van der Waals surface area (Å²) in [5.41, 5.74) is 0.736. The summed E-state index contributed by atoms with van der Waals surface area (Å²) in [6.45, 7) is 4.45. The van der Waals surface area contributed by atoms with Gasteiger partial charge in [-0.3, -0.25) is 0 Å². The zero-order chi connectivity index (χ0) is 10.1. The number of ether oxygens (including phenoxy) is 1. The maximum absolute atomic E-state index is 5.40. The average Bonchev–Trinajstić information content (AvgIpc) is 2.89. The Morgan fingerprint density at radius 3 is 2.60 bits per heavy atom. The van der Waals surface area contributed by atoms with E-state index in [1.165, 1.54) is 51.6 Å². The molecule has 15 heavy (non-hydrogen) atoms. The zero-order valence-electron chi connectivity index (χ0n) is 9.63. The molecule has 3 aliphatic rings. The van der Waals surface area contributed by atoms with Gasteiger partial charge in [-0.1, -0.05) is 6.42 Å². The summed E-state index contributed by atoms with van der Waals surface area (Å²) in [4.78, 5) is 0. The van der Waals surface area contributed by atoms with Crippen molar-refractivity contribution >= 4 is 0 Å². The van der Waals surface area contributed by atoms with Crippen LogP contribution < -0.4 is 5.32 Å². The van der Waals surface area contributed by atoms with Crippen LogP contribution in [0.5, 0.6) is 0 Å². The first-order chi connectivity index (χ1) is 7.39. The SMILES string of the molecule is C1CC(CNCC2CCOC2)(C2CC2)C1. The quantitative estimate of drug-likeness (QED) is 0.749. The van der Waals surface area contributed by atoms with E-state index in [9.17, 15) is 0 Å². The lowest BCUT2D eigenvalue weighted by Crippen LogP contribution is -2.43. The average molecular weight is 209 g/mol. The van der Waals surface area contributed by atoms with Crippen LogP contribution in [0.1, 0.15) is 38.5 Å². The summed E-state index contributed by atoms with van der Waals surface area (Å²) < 4.78 is 5.40. The molecule has 0 spiro atoms. The van der Waals surface area contributed by atoms with Crippen LogP contribution in [0.3, 0.4) is 0 Å². The Labute approximate surface area is 92.8 Å². The fraction of sp³-hybridized carbons (Fsp3) is 1.00. The van der Waals surface area contributed by atoms with E-state index in [1.54, 1.807) is 0 Å². The number of rotatable bonds is 5. The number of nitrogens with one attached hydrogen (secondary N) is 1. The largest absolute Gasteiger partial charge is 0.381 e. The standard InChI is InChI=1S/C13H23NO/c1-5-13(6-1,12-2-3-12)10-14-8-11-4-7-15-9-11/h11-12,14H,1-10H2. The highest BCUT2D eigenvalue weighted by Gasteiger charge is 2.48. The Hall–Kier alpha value is -0.0800. The summed E-state index contributed by atoms with van der Waals surface area (Å²) in [6, 6.07) is 0. The minimum Gasteiger partial charge on any atom is -0.381 e. The van der Waals surface area contributed by atoms with E-state index in [0.717, 1.165) is 30.5 Å². The van der Waals surface area contributed by atoms with Gasteiger partial charge in [0.1, 0.15) is 0 Å². The summed E-state index contributed by atoms with van der Waals surface area (Å²) >= 11 is 0. The van der Waals surface area contributed by atoms with E-state index in [-0.39, 0.29) is 0 Å². The van der Waals surface area contributed by atoms with Crippen molar-refractivity contribution in [2.24, 2.45) is 17.3 Å². The molecule has 0 aromatic heterocycles. The maximum Gasteiger partial charge on any atom is 0.0507 e. The molecular formula is C13H23NO. The zero-order valence-corrected chi connectivity index (χ0v) is 9.63. The third-order valence-corrected chi connectivity index (χ3v) is 4.73. The van der Waals surface area contributed by atoms with Crippen LogP contribution in [0.15, 0.2) is 0 Å². The van der Waals surface area contributed by atoms with Gasteiger partial charge in [0.25, 0.3) is 0 Å². The van der Waals surface area contributed by atoms with E-state index in [2.05, 4.69) is 5.32 Å². The molecule has 1 saturated heterocycles. The van der Waals surface area contributed by atoms with Crippen LogP contribution in [0.25, 0.3) is 0 Å². The first-order valence-electron chi connectivity index (χ1n) is 6.68. The van der Waals surface area contributed by atoms with Crippen molar-refractivity contribution in [2.75, 3.05) is 26.3 Å². The Balaban J connectivity index is 1.40. The van der Waals surface area contributed by atoms with Gasteiger partial charge in [-0.15, -0.1) is 0 Å². The van der Waals surface area contributed by atoms with Gasteiger partial charge in [0.2, 0.25) is 0 Å². The van der Waals surface area contributed by atoms with Crippen molar-refractivity contribution in [3.8, 4) is 0 Å². The van der Waals surface area contributed by atoms with Crippen molar-refractivity contribution < 1.29 is 4.74 Å². The van der Waals surface area contributed by atoms with E-state index < -0.39 is 0 Å². The van der Waals surface area contributed by atoms with Gasteiger partial charge in [0.05, 0.1) is 6.61 Å². The lowest BCUT2D eigenvalue weighted by molar-refractivity contribution is 0.0968.